The van der Waals surface area contributed by atoms with Gasteiger partial charge in [0.15, 0.2) is 0 Å². The quantitative estimate of drug-likeness (QED) is 0.645. The van der Waals surface area contributed by atoms with Gasteiger partial charge in [-0.2, -0.15) is 0 Å². The number of likely N-dealkylation sites (tertiary alicyclic amines) is 1. The fourth-order valence-corrected chi connectivity index (χ4v) is 2.80. The lowest BCUT2D eigenvalue weighted by atomic mass is 9.89. The Bertz CT molecular complexity index is 265. The molecule has 1 spiro atoms. The molecule has 2 fully saturated rings. The second-order valence-corrected chi connectivity index (χ2v) is 4.90. The fraction of sp³-hybridized carbons (Fsp3) is 0.909. The summed E-state index contributed by atoms with van der Waals surface area (Å²) in [5.41, 5.74) is 0.0448. The van der Waals surface area contributed by atoms with E-state index in [9.17, 15) is 0 Å². The van der Waals surface area contributed by atoms with Crippen LogP contribution in [0, 0.1) is 0 Å². The van der Waals surface area contributed by atoms with Gasteiger partial charge in [-0.3, -0.25) is 0 Å². The summed E-state index contributed by atoms with van der Waals surface area (Å²) in [6, 6.07) is 0. The monoisotopic (exact) mass is 209 g/mol. The largest absolute Gasteiger partial charge is 0.387 e. The van der Waals surface area contributed by atoms with Gasteiger partial charge in [-0.1, -0.05) is 5.16 Å². The molecule has 1 N–H and O–H groups in total. The standard InChI is InChI=1S/C11H19N3O/c1-2-8-14(7-1)10-9-11(15-13-10)3-5-12-6-4-11/h12H,1-9H2. The van der Waals surface area contributed by atoms with Gasteiger partial charge in [0.25, 0.3) is 0 Å². The summed E-state index contributed by atoms with van der Waals surface area (Å²) in [4.78, 5) is 8.11. The van der Waals surface area contributed by atoms with E-state index >= 15 is 0 Å². The van der Waals surface area contributed by atoms with Crippen molar-refractivity contribution < 1.29 is 4.84 Å². The first-order chi connectivity index (χ1) is 7.38. The molecule has 0 aliphatic carbocycles. The van der Waals surface area contributed by atoms with Crippen LogP contribution in [0.3, 0.4) is 0 Å². The molecule has 0 unspecified atom stereocenters. The number of rotatable bonds is 0. The smallest absolute Gasteiger partial charge is 0.148 e. The van der Waals surface area contributed by atoms with E-state index in [4.69, 9.17) is 4.84 Å². The molecule has 3 rings (SSSR count). The van der Waals surface area contributed by atoms with Crippen LogP contribution >= 0.6 is 0 Å². The molecular formula is C11H19N3O. The predicted octanol–water partition coefficient (Wildman–Crippen LogP) is 0.938. The molecule has 4 heteroatoms. The van der Waals surface area contributed by atoms with Crippen LogP contribution in [0.1, 0.15) is 32.1 Å². The zero-order chi connectivity index (χ0) is 10.1. The average molecular weight is 209 g/mol. The number of oxime groups is 1. The summed E-state index contributed by atoms with van der Waals surface area (Å²) in [5.74, 6) is 1.20. The van der Waals surface area contributed by atoms with Crippen LogP contribution in [-0.2, 0) is 4.84 Å². The minimum Gasteiger partial charge on any atom is -0.387 e. The maximum absolute atomic E-state index is 5.71. The Morgan fingerprint density at radius 2 is 1.93 bits per heavy atom. The second-order valence-electron chi connectivity index (χ2n) is 4.90. The zero-order valence-electron chi connectivity index (χ0n) is 9.17. The third-order valence-electron chi connectivity index (χ3n) is 3.81. The number of nitrogens with one attached hydrogen (secondary N) is 1. The number of nitrogens with zero attached hydrogens (tertiary/aromatic N) is 2. The van der Waals surface area contributed by atoms with E-state index in [1.165, 1.54) is 31.8 Å². The van der Waals surface area contributed by atoms with Crippen LogP contribution in [0.15, 0.2) is 5.16 Å². The minimum absolute atomic E-state index is 0.0448. The molecule has 0 radical (unpaired) electrons. The molecule has 0 amide bonds. The first kappa shape index (κ1) is 9.46. The van der Waals surface area contributed by atoms with Gasteiger partial charge >= 0.3 is 0 Å². The van der Waals surface area contributed by atoms with Gasteiger partial charge in [0.05, 0.1) is 6.42 Å². The molecule has 2 saturated heterocycles. The van der Waals surface area contributed by atoms with Crippen molar-refractivity contribution >= 4 is 5.84 Å². The zero-order valence-corrected chi connectivity index (χ0v) is 9.17. The van der Waals surface area contributed by atoms with Crippen molar-refractivity contribution in [3.8, 4) is 0 Å². The Labute approximate surface area is 90.6 Å². The van der Waals surface area contributed by atoms with Gasteiger partial charge in [-0.15, -0.1) is 0 Å². The molecule has 15 heavy (non-hydrogen) atoms. The lowest BCUT2D eigenvalue weighted by Crippen LogP contribution is -2.43. The average Bonchev–Trinajstić information content (AvgIpc) is 2.88. The predicted molar refractivity (Wildman–Crippen MR) is 58.8 cm³/mol. The van der Waals surface area contributed by atoms with Crippen LogP contribution in [0.5, 0.6) is 0 Å². The van der Waals surface area contributed by atoms with Gasteiger partial charge in [0.2, 0.25) is 0 Å². The van der Waals surface area contributed by atoms with Crippen LogP contribution in [0.25, 0.3) is 0 Å². The van der Waals surface area contributed by atoms with E-state index < -0.39 is 0 Å². The Kier molecular flexibility index (Phi) is 2.31. The molecule has 0 bridgehead atoms. The summed E-state index contributed by atoms with van der Waals surface area (Å²) in [6.07, 6.45) is 5.87. The van der Waals surface area contributed by atoms with Gasteiger partial charge in [-0.05, 0) is 25.9 Å². The molecule has 0 atom stereocenters. The maximum Gasteiger partial charge on any atom is 0.148 e. The van der Waals surface area contributed by atoms with Crippen molar-refractivity contribution in [2.45, 2.75) is 37.7 Å². The lowest BCUT2D eigenvalue weighted by molar-refractivity contribution is -0.0400. The minimum atomic E-state index is 0.0448. The maximum atomic E-state index is 5.71. The summed E-state index contributed by atoms with van der Waals surface area (Å²) in [7, 11) is 0. The van der Waals surface area contributed by atoms with Gasteiger partial charge in [0, 0.05) is 25.9 Å². The molecule has 3 aliphatic rings. The van der Waals surface area contributed by atoms with Gasteiger partial charge in [-0.25, -0.2) is 0 Å². The Hall–Kier alpha value is -0.770. The van der Waals surface area contributed by atoms with Crippen molar-refractivity contribution in [1.29, 1.82) is 0 Å². The summed E-state index contributed by atoms with van der Waals surface area (Å²) in [6.45, 7) is 4.50. The lowest BCUT2D eigenvalue weighted by Gasteiger charge is -2.31. The number of hydrogen-bond acceptors (Lipinski definition) is 4. The van der Waals surface area contributed by atoms with Crippen molar-refractivity contribution in [2.24, 2.45) is 5.16 Å². The highest BCUT2D eigenvalue weighted by molar-refractivity contribution is 5.84. The van der Waals surface area contributed by atoms with Crippen LogP contribution in [-0.4, -0.2) is 42.5 Å². The van der Waals surface area contributed by atoms with Gasteiger partial charge < -0.3 is 15.1 Å². The van der Waals surface area contributed by atoms with Crippen molar-refractivity contribution in [3.63, 3.8) is 0 Å². The molecule has 0 saturated carbocycles. The van der Waals surface area contributed by atoms with E-state index in [0.717, 1.165) is 32.4 Å². The molecule has 0 aromatic rings. The molecule has 3 heterocycles. The van der Waals surface area contributed by atoms with E-state index in [1.54, 1.807) is 0 Å². The third kappa shape index (κ3) is 1.71. The first-order valence-corrected chi connectivity index (χ1v) is 6.09. The third-order valence-corrected chi connectivity index (χ3v) is 3.81. The number of piperidine rings is 1. The number of amidine groups is 1. The van der Waals surface area contributed by atoms with Crippen LogP contribution in [0.2, 0.25) is 0 Å². The topological polar surface area (TPSA) is 36.9 Å². The summed E-state index contributed by atoms with van der Waals surface area (Å²) in [5, 5.41) is 7.69. The van der Waals surface area contributed by atoms with E-state index in [2.05, 4.69) is 15.4 Å². The molecule has 0 aromatic heterocycles. The van der Waals surface area contributed by atoms with Crippen molar-refractivity contribution in [3.05, 3.63) is 0 Å². The Morgan fingerprint density at radius 3 is 2.67 bits per heavy atom. The summed E-state index contributed by atoms with van der Waals surface area (Å²) < 4.78 is 0. The van der Waals surface area contributed by atoms with Crippen LogP contribution in [0.4, 0.5) is 0 Å². The highest BCUT2D eigenvalue weighted by Gasteiger charge is 2.41. The fourth-order valence-electron chi connectivity index (χ4n) is 2.80. The van der Waals surface area contributed by atoms with Crippen molar-refractivity contribution in [2.75, 3.05) is 26.2 Å². The molecule has 84 valence electrons. The van der Waals surface area contributed by atoms with E-state index in [1.807, 2.05) is 0 Å². The van der Waals surface area contributed by atoms with Crippen molar-refractivity contribution in [1.82, 2.24) is 10.2 Å². The number of hydrogen-bond donors (Lipinski definition) is 1. The SMILES string of the molecule is C1CCN(C2=NOC3(CCNCC3)C2)C1. The van der Waals surface area contributed by atoms with Gasteiger partial charge in [0.1, 0.15) is 11.4 Å². The normalized spacial score (nSPS) is 29.3. The van der Waals surface area contributed by atoms with Crippen LogP contribution < -0.4 is 5.32 Å². The van der Waals surface area contributed by atoms with E-state index in [0.29, 0.717) is 0 Å². The molecule has 4 nitrogen and oxygen atoms in total. The first-order valence-electron chi connectivity index (χ1n) is 6.09. The molecule has 0 aromatic carbocycles. The molecule has 3 aliphatic heterocycles. The highest BCUT2D eigenvalue weighted by Crippen LogP contribution is 2.33. The van der Waals surface area contributed by atoms with E-state index in [-0.39, 0.29) is 5.60 Å². The Balaban J connectivity index is 1.64. The molecular weight excluding hydrogens is 190 g/mol. The second kappa shape index (κ2) is 3.67. The summed E-state index contributed by atoms with van der Waals surface area (Å²) >= 11 is 0. The Morgan fingerprint density at radius 1 is 1.20 bits per heavy atom. The highest BCUT2D eigenvalue weighted by atomic mass is 16.7.